The molecule has 0 saturated carbocycles. The quantitative estimate of drug-likeness (QED) is 0.212. The number of carboxylic acids is 1. The molecule has 0 aliphatic rings. The van der Waals surface area contributed by atoms with Crippen LogP contribution in [0.15, 0.2) is 91.0 Å². The molecule has 0 fully saturated rings. The van der Waals surface area contributed by atoms with Crippen LogP contribution in [0.25, 0.3) is 11.1 Å². The maximum Gasteiger partial charge on any atom is 0.305 e. The average molecular weight is 585 g/mol. The molecule has 0 bridgehead atoms. The first-order valence-electron chi connectivity index (χ1n) is 13.7. The van der Waals surface area contributed by atoms with Crippen molar-refractivity contribution in [3.05, 3.63) is 119 Å². The van der Waals surface area contributed by atoms with Gasteiger partial charge in [-0.3, -0.25) is 14.4 Å². The Bertz CT molecular complexity index is 1610. The number of nitrogens with zero attached hydrogens (tertiary/aromatic N) is 1. The number of carbonyl (C=O) groups excluding carboxylic acids is 2. The van der Waals surface area contributed by atoms with Crippen LogP contribution in [-0.4, -0.2) is 55.1 Å². The van der Waals surface area contributed by atoms with Gasteiger partial charge in [0.2, 0.25) is 0 Å². The number of hydrogen-bond acceptors (Lipinski definition) is 5. The molecule has 222 valence electrons. The van der Waals surface area contributed by atoms with Crippen molar-refractivity contribution in [2.24, 2.45) is 0 Å². The molecule has 9 heteroatoms. The molecule has 0 aliphatic carbocycles. The second-order valence-electron chi connectivity index (χ2n) is 9.73. The standard InChI is InChI=1S/C34H33FN2O6/c1-42-25-15-16-31(43-2)23(21-25)17-19-37(20-18-32(38)39)34(41)29-13-7-5-11-27(29)26-10-4-6-12-28(26)33(40)36-22-24-9-3-8-14-30(24)35/h3-16,21H,17-20,22H2,1-2H3,(H,36,40)(H,38,39). The highest BCUT2D eigenvalue weighted by Crippen LogP contribution is 2.29. The molecule has 8 nitrogen and oxygen atoms in total. The van der Waals surface area contributed by atoms with Gasteiger partial charge in [0.05, 0.1) is 20.6 Å². The number of carbonyl (C=O) groups is 3. The summed E-state index contributed by atoms with van der Waals surface area (Å²) in [4.78, 5) is 40.3. The van der Waals surface area contributed by atoms with E-state index in [0.717, 1.165) is 5.56 Å². The van der Waals surface area contributed by atoms with Crippen molar-refractivity contribution in [2.75, 3.05) is 27.3 Å². The zero-order valence-corrected chi connectivity index (χ0v) is 24.0. The number of ether oxygens (including phenoxy) is 2. The van der Waals surface area contributed by atoms with Crippen LogP contribution in [0.4, 0.5) is 4.39 Å². The summed E-state index contributed by atoms with van der Waals surface area (Å²) in [5, 5.41) is 12.2. The minimum Gasteiger partial charge on any atom is -0.497 e. The second kappa shape index (κ2) is 14.6. The van der Waals surface area contributed by atoms with E-state index in [2.05, 4.69) is 5.32 Å². The normalized spacial score (nSPS) is 10.6. The van der Waals surface area contributed by atoms with Crippen molar-refractivity contribution in [1.29, 1.82) is 0 Å². The Hall–Kier alpha value is -5.18. The fourth-order valence-corrected chi connectivity index (χ4v) is 4.78. The first kappa shape index (κ1) is 30.8. The lowest BCUT2D eigenvalue weighted by atomic mass is 9.94. The van der Waals surface area contributed by atoms with Crippen LogP contribution in [0, 0.1) is 5.82 Å². The van der Waals surface area contributed by atoms with Crippen LogP contribution < -0.4 is 14.8 Å². The molecule has 4 aromatic rings. The highest BCUT2D eigenvalue weighted by molar-refractivity contribution is 6.06. The maximum absolute atomic E-state index is 14.1. The topological polar surface area (TPSA) is 105 Å². The van der Waals surface area contributed by atoms with Gasteiger partial charge in [0, 0.05) is 36.3 Å². The summed E-state index contributed by atoms with van der Waals surface area (Å²) in [5.74, 6) is -0.979. The van der Waals surface area contributed by atoms with E-state index in [-0.39, 0.29) is 32.0 Å². The summed E-state index contributed by atoms with van der Waals surface area (Å²) in [6, 6.07) is 25.3. The molecule has 0 aromatic heterocycles. The van der Waals surface area contributed by atoms with Gasteiger partial charge in [-0.1, -0.05) is 54.6 Å². The van der Waals surface area contributed by atoms with Gasteiger partial charge in [0.15, 0.2) is 0 Å². The number of rotatable bonds is 13. The van der Waals surface area contributed by atoms with E-state index >= 15 is 0 Å². The smallest absolute Gasteiger partial charge is 0.305 e. The molecule has 2 N–H and O–H groups in total. The Kier molecular flexibility index (Phi) is 10.5. The number of hydrogen-bond donors (Lipinski definition) is 2. The molecule has 2 amide bonds. The molecule has 0 heterocycles. The highest BCUT2D eigenvalue weighted by Gasteiger charge is 2.23. The number of halogens is 1. The lowest BCUT2D eigenvalue weighted by molar-refractivity contribution is -0.137. The van der Waals surface area contributed by atoms with Gasteiger partial charge in [-0.25, -0.2) is 4.39 Å². The SMILES string of the molecule is COc1ccc(OC)c(CCN(CCC(=O)O)C(=O)c2ccccc2-c2ccccc2C(=O)NCc2ccccc2F)c1. The van der Waals surface area contributed by atoms with Crippen LogP contribution in [0.3, 0.4) is 0 Å². The predicted molar refractivity (Wildman–Crippen MR) is 161 cm³/mol. The van der Waals surface area contributed by atoms with E-state index in [4.69, 9.17) is 9.47 Å². The molecule has 4 rings (SSSR count). The third kappa shape index (κ3) is 7.77. The molecule has 0 radical (unpaired) electrons. The zero-order chi connectivity index (χ0) is 30.8. The van der Waals surface area contributed by atoms with Crippen molar-refractivity contribution in [1.82, 2.24) is 10.2 Å². The Morgan fingerprint density at radius 2 is 1.44 bits per heavy atom. The summed E-state index contributed by atoms with van der Waals surface area (Å²) in [7, 11) is 3.11. The van der Waals surface area contributed by atoms with Crippen molar-refractivity contribution >= 4 is 17.8 Å². The molecule has 0 atom stereocenters. The van der Waals surface area contributed by atoms with E-state index in [0.29, 0.717) is 45.7 Å². The summed E-state index contributed by atoms with van der Waals surface area (Å²) in [6.45, 7) is 0.200. The maximum atomic E-state index is 14.1. The van der Waals surface area contributed by atoms with Crippen molar-refractivity contribution < 1.29 is 33.4 Å². The number of amides is 2. The Morgan fingerprint density at radius 1 is 0.791 bits per heavy atom. The average Bonchev–Trinajstić information content (AvgIpc) is 3.03. The number of benzene rings is 4. The number of methoxy groups -OCH3 is 2. The number of nitrogens with one attached hydrogen (secondary N) is 1. The summed E-state index contributed by atoms with van der Waals surface area (Å²) in [6.07, 6.45) is 0.154. The van der Waals surface area contributed by atoms with E-state index in [1.807, 2.05) is 6.07 Å². The van der Waals surface area contributed by atoms with E-state index in [9.17, 15) is 23.9 Å². The van der Waals surface area contributed by atoms with Gasteiger partial charge in [0.25, 0.3) is 11.8 Å². The first-order chi connectivity index (χ1) is 20.8. The van der Waals surface area contributed by atoms with Crippen LogP contribution in [0.2, 0.25) is 0 Å². The van der Waals surface area contributed by atoms with Gasteiger partial charge in [-0.05, 0) is 59.5 Å². The summed E-state index contributed by atoms with van der Waals surface area (Å²) >= 11 is 0. The summed E-state index contributed by atoms with van der Waals surface area (Å²) < 4.78 is 24.9. The zero-order valence-electron chi connectivity index (χ0n) is 24.0. The monoisotopic (exact) mass is 584 g/mol. The fraction of sp³-hybridized carbons (Fsp3) is 0.206. The van der Waals surface area contributed by atoms with Crippen molar-refractivity contribution in [2.45, 2.75) is 19.4 Å². The second-order valence-corrected chi connectivity index (χ2v) is 9.73. The minimum absolute atomic E-state index is 0.00286. The van der Waals surface area contributed by atoms with Gasteiger partial charge >= 0.3 is 5.97 Å². The van der Waals surface area contributed by atoms with E-state index in [1.165, 1.54) is 11.0 Å². The van der Waals surface area contributed by atoms with E-state index < -0.39 is 17.7 Å². The third-order valence-electron chi connectivity index (χ3n) is 7.04. The van der Waals surface area contributed by atoms with Gasteiger partial charge in [-0.2, -0.15) is 0 Å². The van der Waals surface area contributed by atoms with Crippen LogP contribution in [-0.2, 0) is 17.8 Å². The van der Waals surface area contributed by atoms with Crippen molar-refractivity contribution in [3.8, 4) is 22.6 Å². The molecule has 0 aliphatic heterocycles. The molecule has 0 saturated heterocycles. The number of carboxylic acid groups (broad SMARTS) is 1. The molecule has 4 aromatic carbocycles. The van der Waals surface area contributed by atoms with Crippen LogP contribution >= 0.6 is 0 Å². The van der Waals surface area contributed by atoms with Gasteiger partial charge < -0.3 is 24.8 Å². The van der Waals surface area contributed by atoms with E-state index in [1.54, 1.807) is 93.1 Å². The molecule has 43 heavy (non-hydrogen) atoms. The number of aliphatic carboxylic acids is 1. The highest BCUT2D eigenvalue weighted by atomic mass is 19.1. The third-order valence-corrected chi connectivity index (χ3v) is 7.04. The molecular weight excluding hydrogens is 551 g/mol. The van der Waals surface area contributed by atoms with Crippen molar-refractivity contribution in [3.63, 3.8) is 0 Å². The molecule has 0 spiro atoms. The van der Waals surface area contributed by atoms with Gasteiger partial charge in [-0.15, -0.1) is 0 Å². The lowest BCUT2D eigenvalue weighted by Gasteiger charge is -2.24. The lowest BCUT2D eigenvalue weighted by Crippen LogP contribution is -2.35. The largest absolute Gasteiger partial charge is 0.497 e. The molecular formula is C34H33FN2O6. The fourth-order valence-electron chi connectivity index (χ4n) is 4.78. The minimum atomic E-state index is -1.03. The Morgan fingerprint density at radius 3 is 2.12 bits per heavy atom. The predicted octanol–water partition coefficient (Wildman–Crippen LogP) is 5.60. The van der Waals surface area contributed by atoms with Crippen LogP contribution in [0.5, 0.6) is 11.5 Å². The van der Waals surface area contributed by atoms with Crippen LogP contribution in [0.1, 0.15) is 38.3 Å². The Labute approximate surface area is 249 Å². The summed E-state index contributed by atoms with van der Waals surface area (Å²) in [5.41, 5.74) is 2.83. The molecule has 0 unspecified atom stereocenters. The van der Waals surface area contributed by atoms with Gasteiger partial charge in [0.1, 0.15) is 17.3 Å². The Balaban J connectivity index is 1.63. The first-order valence-corrected chi connectivity index (χ1v) is 13.7.